The molecule has 10 aromatic rings. The van der Waals surface area contributed by atoms with Crippen LogP contribution >= 0.6 is 0 Å². The third-order valence-corrected chi connectivity index (χ3v) is 10.1. The molecule has 8 aromatic carbocycles. The summed E-state index contributed by atoms with van der Waals surface area (Å²) in [5, 5.41) is 5.02. The van der Waals surface area contributed by atoms with Gasteiger partial charge in [-0.25, -0.2) is 0 Å². The largest absolute Gasteiger partial charge is 0.309 e. The molecule has 0 aliphatic heterocycles. The minimum absolute atomic E-state index is 1.16. The molecule has 0 spiro atoms. The number of para-hydroxylation sites is 5. The first-order chi connectivity index (χ1) is 24.9. The smallest absolute Gasteiger partial charge is 0.0619 e. The van der Waals surface area contributed by atoms with E-state index >= 15 is 0 Å². The zero-order chi connectivity index (χ0) is 33.0. The monoisotopic (exact) mass is 636 g/mol. The molecule has 2 heteroatoms. The Bertz CT molecular complexity index is 2800. The normalized spacial score (nSPS) is 11.6. The van der Waals surface area contributed by atoms with Gasteiger partial charge < -0.3 is 9.13 Å². The first-order valence-corrected chi connectivity index (χ1v) is 17.2. The lowest BCUT2D eigenvalue weighted by Crippen LogP contribution is -2.01. The van der Waals surface area contributed by atoms with E-state index in [1.807, 2.05) is 0 Å². The maximum atomic E-state index is 2.49. The van der Waals surface area contributed by atoms with Crippen LogP contribution in [0.15, 0.2) is 194 Å². The highest BCUT2D eigenvalue weighted by atomic mass is 15.0. The molecule has 0 saturated carbocycles. The highest BCUT2D eigenvalue weighted by Gasteiger charge is 2.23. The van der Waals surface area contributed by atoms with Gasteiger partial charge in [-0.15, -0.1) is 0 Å². The van der Waals surface area contributed by atoms with E-state index in [1.54, 1.807) is 0 Å². The van der Waals surface area contributed by atoms with E-state index in [4.69, 9.17) is 0 Å². The zero-order valence-corrected chi connectivity index (χ0v) is 27.4. The number of hydrogen-bond donors (Lipinski definition) is 0. The second-order valence-corrected chi connectivity index (χ2v) is 12.9. The van der Waals surface area contributed by atoms with E-state index in [1.165, 1.54) is 82.7 Å². The summed E-state index contributed by atoms with van der Waals surface area (Å²) in [6.07, 6.45) is 0. The molecule has 50 heavy (non-hydrogen) atoms. The van der Waals surface area contributed by atoms with Gasteiger partial charge in [0.15, 0.2) is 0 Å². The molecular weight excluding hydrogens is 605 g/mol. The Balaban J connectivity index is 1.32. The number of nitrogens with zero attached hydrogens (tertiary/aromatic N) is 2. The van der Waals surface area contributed by atoms with Gasteiger partial charge in [-0.05, 0) is 58.7 Å². The third-order valence-electron chi connectivity index (χ3n) is 10.1. The maximum Gasteiger partial charge on any atom is 0.0619 e. The van der Waals surface area contributed by atoms with Crippen LogP contribution in [0, 0.1) is 0 Å². The van der Waals surface area contributed by atoms with Crippen molar-refractivity contribution in [2.24, 2.45) is 0 Å². The Labute approximate surface area is 290 Å². The number of benzene rings is 8. The molecule has 0 saturated heterocycles. The van der Waals surface area contributed by atoms with Crippen LogP contribution in [0.1, 0.15) is 0 Å². The molecular formula is C48H32N2. The lowest BCUT2D eigenvalue weighted by molar-refractivity contribution is 1.18. The summed E-state index contributed by atoms with van der Waals surface area (Å²) in [5.74, 6) is 0. The Morgan fingerprint density at radius 3 is 1.38 bits per heavy atom. The van der Waals surface area contributed by atoms with E-state index in [2.05, 4.69) is 203 Å². The number of rotatable bonds is 5. The molecule has 10 rings (SSSR count). The summed E-state index contributed by atoms with van der Waals surface area (Å²) in [6, 6.07) is 70.4. The van der Waals surface area contributed by atoms with Crippen molar-refractivity contribution in [2.45, 2.75) is 0 Å². The molecule has 0 bridgehead atoms. The van der Waals surface area contributed by atoms with Gasteiger partial charge in [0.2, 0.25) is 0 Å². The van der Waals surface area contributed by atoms with E-state index < -0.39 is 0 Å². The Morgan fingerprint density at radius 1 is 0.260 bits per heavy atom. The van der Waals surface area contributed by atoms with E-state index in [0.29, 0.717) is 0 Å². The third kappa shape index (κ3) is 4.29. The Hall–Kier alpha value is -6.64. The summed E-state index contributed by atoms with van der Waals surface area (Å²) in [7, 11) is 0. The summed E-state index contributed by atoms with van der Waals surface area (Å²) in [4.78, 5) is 0. The number of fused-ring (bicyclic) bond motifs is 6. The van der Waals surface area contributed by atoms with Crippen LogP contribution in [0.25, 0.3) is 88.4 Å². The second kappa shape index (κ2) is 11.5. The van der Waals surface area contributed by atoms with E-state index in [-0.39, 0.29) is 0 Å². The summed E-state index contributed by atoms with van der Waals surface area (Å²) in [5.41, 5.74) is 14.4. The maximum absolute atomic E-state index is 2.49. The van der Waals surface area contributed by atoms with E-state index in [9.17, 15) is 0 Å². The minimum atomic E-state index is 1.16. The molecule has 0 fully saturated rings. The lowest BCUT2D eigenvalue weighted by Gasteiger charge is -2.21. The van der Waals surface area contributed by atoms with Crippen LogP contribution in [0.5, 0.6) is 0 Å². The van der Waals surface area contributed by atoms with Crippen molar-refractivity contribution in [1.29, 1.82) is 0 Å². The fraction of sp³-hybridized carbons (Fsp3) is 0. The van der Waals surface area contributed by atoms with Gasteiger partial charge in [-0.1, -0.05) is 158 Å². The van der Waals surface area contributed by atoms with Crippen molar-refractivity contribution in [3.05, 3.63) is 194 Å². The molecule has 0 radical (unpaired) electrons. The molecule has 0 N–H and O–H groups in total. The van der Waals surface area contributed by atoms with Crippen molar-refractivity contribution >= 4 is 43.6 Å². The van der Waals surface area contributed by atoms with Crippen molar-refractivity contribution in [3.63, 3.8) is 0 Å². The molecule has 0 amide bonds. The van der Waals surface area contributed by atoms with Crippen LogP contribution < -0.4 is 0 Å². The van der Waals surface area contributed by atoms with Crippen molar-refractivity contribution in [1.82, 2.24) is 9.13 Å². The van der Waals surface area contributed by atoms with Crippen LogP contribution in [0.3, 0.4) is 0 Å². The van der Waals surface area contributed by atoms with E-state index in [0.717, 1.165) is 5.69 Å². The van der Waals surface area contributed by atoms with Gasteiger partial charge >= 0.3 is 0 Å². The molecule has 0 aliphatic carbocycles. The number of aromatic nitrogens is 2. The van der Waals surface area contributed by atoms with Crippen LogP contribution in [-0.4, -0.2) is 9.13 Å². The Morgan fingerprint density at radius 2 is 0.700 bits per heavy atom. The van der Waals surface area contributed by atoms with Crippen LogP contribution in [0.4, 0.5) is 0 Å². The summed E-state index contributed by atoms with van der Waals surface area (Å²) < 4.78 is 4.89. The predicted octanol–water partition coefficient (Wildman–Crippen LogP) is 12.9. The molecule has 0 aliphatic rings. The molecule has 2 heterocycles. The first-order valence-electron chi connectivity index (χ1n) is 17.2. The average molecular weight is 637 g/mol. The average Bonchev–Trinajstić information content (AvgIpc) is 3.71. The SMILES string of the molecule is c1ccc(-c2cccc(-c3ccccc3-c3cccc4c3c3ccccc3n4-c3ccccc3)c2-n2c3ccccc3c3ccccc32)cc1. The topological polar surface area (TPSA) is 9.86 Å². The van der Waals surface area contributed by atoms with Gasteiger partial charge in [-0.3, -0.25) is 0 Å². The van der Waals surface area contributed by atoms with Gasteiger partial charge in [0.25, 0.3) is 0 Å². The minimum Gasteiger partial charge on any atom is -0.309 e. The fourth-order valence-electron chi connectivity index (χ4n) is 8.07. The first kappa shape index (κ1) is 28.4. The van der Waals surface area contributed by atoms with Crippen molar-refractivity contribution in [2.75, 3.05) is 0 Å². The molecule has 0 atom stereocenters. The van der Waals surface area contributed by atoms with Gasteiger partial charge in [-0.2, -0.15) is 0 Å². The van der Waals surface area contributed by atoms with Gasteiger partial charge in [0, 0.05) is 38.4 Å². The molecule has 2 aromatic heterocycles. The van der Waals surface area contributed by atoms with Gasteiger partial charge in [0.1, 0.15) is 0 Å². The number of hydrogen-bond acceptors (Lipinski definition) is 0. The summed E-state index contributed by atoms with van der Waals surface area (Å²) in [6.45, 7) is 0. The fourth-order valence-corrected chi connectivity index (χ4v) is 8.07. The van der Waals surface area contributed by atoms with Crippen LogP contribution in [0.2, 0.25) is 0 Å². The highest BCUT2D eigenvalue weighted by molar-refractivity contribution is 6.17. The molecule has 234 valence electrons. The zero-order valence-electron chi connectivity index (χ0n) is 27.4. The standard InChI is InChI=1S/C48H32N2/c1-3-17-33(18-4-1)35-26-15-28-41(48(35)50-43-29-12-9-23-38(43)39-24-10-13-30-44(39)50)37-22-8-7-21-36(37)40-27-16-32-46-47(40)42-25-11-14-31-45(42)49(46)34-19-5-2-6-20-34/h1-32H. The van der Waals surface area contributed by atoms with Crippen LogP contribution in [-0.2, 0) is 0 Å². The van der Waals surface area contributed by atoms with Crippen molar-refractivity contribution in [3.8, 4) is 44.8 Å². The predicted molar refractivity (Wildman–Crippen MR) is 211 cm³/mol. The quantitative estimate of drug-likeness (QED) is 0.178. The summed E-state index contributed by atoms with van der Waals surface area (Å²) >= 11 is 0. The molecule has 0 unspecified atom stereocenters. The van der Waals surface area contributed by atoms with Gasteiger partial charge in [0.05, 0.1) is 27.8 Å². The second-order valence-electron chi connectivity index (χ2n) is 12.9. The Kier molecular flexibility index (Phi) is 6.53. The van der Waals surface area contributed by atoms with Crippen molar-refractivity contribution < 1.29 is 0 Å². The highest BCUT2D eigenvalue weighted by Crippen LogP contribution is 2.46. The lowest BCUT2D eigenvalue weighted by atomic mass is 9.89. The molecule has 2 nitrogen and oxygen atoms in total.